The van der Waals surface area contributed by atoms with Crippen LogP contribution < -0.4 is 5.23 Å². The number of nitrogens with one attached hydrogen (secondary N) is 1. The fourth-order valence-corrected chi connectivity index (χ4v) is 1.62. The van der Waals surface area contributed by atoms with Crippen molar-refractivity contribution < 1.29 is 24.1 Å². The van der Waals surface area contributed by atoms with Crippen LogP contribution in [0, 0.1) is 11.3 Å². The minimum absolute atomic E-state index is 0.0813. The molecule has 0 fully saturated rings. The SMILES string of the molecule is C=CCOC(=O)[C@H](CC(C)C)OC(=O)C(C)(C)CNB(C)O. The zero-order valence-electron chi connectivity index (χ0n) is 14.2. The summed E-state index contributed by atoms with van der Waals surface area (Å²) in [7, 11) is -0.726. The molecule has 6 nitrogen and oxygen atoms in total. The van der Waals surface area contributed by atoms with Crippen molar-refractivity contribution >= 4 is 19.0 Å². The maximum atomic E-state index is 12.3. The molecule has 22 heavy (non-hydrogen) atoms. The number of carbonyl (C=O) groups excluding carboxylic acids is 2. The van der Waals surface area contributed by atoms with Gasteiger partial charge in [-0.2, -0.15) is 0 Å². The van der Waals surface area contributed by atoms with E-state index in [1.165, 1.54) is 6.08 Å². The smallest absolute Gasteiger partial charge is 0.373 e. The number of rotatable bonds is 10. The van der Waals surface area contributed by atoms with Gasteiger partial charge in [0.2, 0.25) is 0 Å². The van der Waals surface area contributed by atoms with Gasteiger partial charge in [-0.25, -0.2) is 4.79 Å². The summed E-state index contributed by atoms with van der Waals surface area (Å²) in [4.78, 5) is 24.2. The summed E-state index contributed by atoms with van der Waals surface area (Å²) < 4.78 is 10.3. The van der Waals surface area contributed by atoms with Gasteiger partial charge in [-0.3, -0.25) is 4.79 Å². The van der Waals surface area contributed by atoms with E-state index in [4.69, 9.17) is 9.47 Å². The van der Waals surface area contributed by atoms with E-state index in [0.717, 1.165) is 0 Å². The largest absolute Gasteiger partial charge is 0.459 e. The fraction of sp³-hybridized carbons (Fsp3) is 0.733. The normalized spacial score (nSPS) is 12.7. The highest BCUT2D eigenvalue weighted by Gasteiger charge is 2.34. The van der Waals surface area contributed by atoms with Crippen LogP contribution in [0.25, 0.3) is 0 Å². The average Bonchev–Trinajstić information content (AvgIpc) is 2.41. The van der Waals surface area contributed by atoms with Crippen molar-refractivity contribution in [3.8, 4) is 0 Å². The van der Waals surface area contributed by atoms with Crippen LogP contribution in [-0.4, -0.2) is 43.3 Å². The van der Waals surface area contributed by atoms with Crippen molar-refractivity contribution in [3.63, 3.8) is 0 Å². The first-order valence-electron chi connectivity index (χ1n) is 7.50. The van der Waals surface area contributed by atoms with Gasteiger partial charge in [-0.05, 0) is 33.0 Å². The molecule has 0 aromatic carbocycles. The van der Waals surface area contributed by atoms with Crippen LogP contribution in [0.1, 0.15) is 34.1 Å². The molecule has 7 heteroatoms. The number of carbonyl (C=O) groups is 2. The molecule has 0 amide bonds. The first-order chi connectivity index (χ1) is 10.1. The molecule has 0 heterocycles. The molecule has 0 rings (SSSR count). The summed E-state index contributed by atoms with van der Waals surface area (Å²) in [5, 5.41) is 12.0. The Hall–Kier alpha value is -1.34. The molecule has 0 bridgehead atoms. The van der Waals surface area contributed by atoms with Gasteiger partial charge in [-0.15, -0.1) is 0 Å². The lowest BCUT2D eigenvalue weighted by molar-refractivity contribution is -0.173. The highest BCUT2D eigenvalue weighted by atomic mass is 16.6. The predicted octanol–water partition coefficient (Wildman–Crippen LogP) is 1.40. The van der Waals surface area contributed by atoms with Crippen molar-refractivity contribution in [2.75, 3.05) is 13.2 Å². The standard InChI is InChI=1S/C15H28BNO5/c1-7-8-21-13(18)12(9-11(2)3)22-14(19)15(4,5)10-17-16(6)20/h7,11-12,17,20H,1,8-10H2,2-6H3/t12-/m0/s1. The second-order valence-electron chi connectivity index (χ2n) is 6.38. The Morgan fingerprint density at radius 2 is 2.00 bits per heavy atom. The molecule has 0 saturated carbocycles. The van der Waals surface area contributed by atoms with E-state index in [9.17, 15) is 14.6 Å². The number of ether oxygens (including phenoxy) is 2. The molecule has 0 aliphatic heterocycles. The van der Waals surface area contributed by atoms with Crippen molar-refractivity contribution in [3.05, 3.63) is 12.7 Å². The molecule has 0 aromatic rings. The van der Waals surface area contributed by atoms with Gasteiger partial charge in [0.25, 0.3) is 0 Å². The summed E-state index contributed by atoms with van der Waals surface area (Å²) >= 11 is 0. The minimum atomic E-state index is -0.932. The van der Waals surface area contributed by atoms with Crippen LogP contribution >= 0.6 is 0 Å². The molecule has 0 radical (unpaired) electrons. The number of esters is 2. The lowest BCUT2D eigenvalue weighted by atomic mass is 9.84. The summed E-state index contributed by atoms with van der Waals surface area (Å²) in [5.74, 6) is -0.907. The van der Waals surface area contributed by atoms with Crippen LogP contribution in [0.3, 0.4) is 0 Å². The van der Waals surface area contributed by atoms with Crippen LogP contribution in [0.4, 0.5) is 0 Å². The lowest BCUT2D eigenvalue weighted by Crippen LogP contribution is -2.44. The van der Waals surface area contributed by atoms with Gasteiger partial charge in [-0.1, -0.05) is 26.5 Å². The Morgan fingerprint density at radius 3 is 2.45 bits per heavy atom. The maximum Gasteiger partial charge on any atom is 0.373 e. The van der Waals surface area contributed by atoms with E-state index < -0.39 is 30.5 Å². The highest BCUT2D eigenvalue weighted by Crippen LogP contribution is 2.20. The Labute approximate surface area is 133 Å². The van der Waals surface area contributed by atoms with Crippen molar-refractivity contribution in [1.82, 2.24) is 5.23 Å². The Morgan fingerprint density at radius 1 is 1.41 bits per heavy atom. The molecule has 126 valence electrons. The van der Waals surface area contributed by atoms with Gasteiger partial charge in [0, 0.05) is 6.54 Å². The third-order valence-electron chi connectivity index (χ3n) is 2.93. The Kier molecular flexibility index (Phi) is 9.05. The van der Waals surface area contributed by atoms with E-state index in [0.29, 0.717) is 6.42 Å². The first kappa shape index (κ1) is 20.7. The third kappa shape index (κ3) is 8.19. The molecular formula is C15H28BNO5. The molecule has 0 aliphatic rings. The molecule has 1 atom stereocenters. The number of hydrogen-bond donors (Lipinski definition) is 2. The van der Waals surface area contributed by atoms with E-state index in [1.807, 2.05) is 13.8 Å². The third-order valence-corrected chi connectivity index (χ3v) is 2.93. The zero-order valence-corrected chi connectivity index (χ0v) is 14.2. The Bertz CT molecular complexity index is 382. The van der Waals surface area contributed by atoms with Gasteiger partial charge in [0.05, 0.1) is 5.41 Å². The van der Waals surface area contributed by atoms with Crippen LogP contribution in [0.2, 0.25) is 6.82 Å². The average molecular weight is 313 g/mol. The van der Waals surface area contributed by atoms with Gasteiger partial charge in [0.15, 0.2) is 6.10 Å². The molecular weight excluding hydrogens is 285 g/mol. The molecule has 0 saturated heterocycles. The zero-order chi connectivity index (χ0) is 17.3. The number of hydrogen-bond acceptors (Lipinski definition) is 6. The molecule has 0 unspecified atom stereocenters. The minimum Gasteiger partial charge on any atom is -0.459 e. The topological polar surface area (TPSA) is 84.9 Å². The van der Waals surface area contributed by atoms with Crippen molar-refractivity contribution in [1.29, 1.82) is 0 Å². The molecule has 0 aliphatic carbocycles. The van der Waals surface area contributed by atoms with E-state index in [2.05, 4.69) is 11.8 Å². The van der Waals surface area contributed by atoms with Crippen LogP contribution in [0.15, 0.2) is 12.7 Å². The Balaban J connectivity index is 4.78. The fourth-order valence-electron chi connectivity index (χ4n) is 1.62. The van der Waals surface area contributed by atoms with E-state index in [-0.39, 0.29) is 19.1 Å². The second kappa shape index (κ2) is 9.64. The summed E-state index contributed by atoms with van der Waals surface area (Å²) in [6.45, 7) is 12.6. The summed E-state index contributed by atoms with van der Waals surface area (Å²) in [6.07, 6.45) is 0.919. The van der Waals surface area contributed by atoms with E-state index >= 15 is 0 Å². The molecule has 0 aromatic heterocycles. The predicted molar refractivity (Wildman–Crippen MR) is 86.1 cm³/mol. The van der Waals surface area contributed by atoms with Crippen molar-refractivity contribution in [2.24, 2.45) is 11.3 Å². The summed E-state index contributed by atoms with van der Waals surface area (Å²) in [5.41, 5.74) is -0.870. The van der Waals surface area contributed by atoms with E-state index in [1.54, 1.807) is 20.7 Å². The lowest BCUT2D eigenvalue weighted by Gasteiger charge is -2.26. The van der Waals surface area contributed by atoms with Gasteiger partial charge >= 0.3 is 19.0 Å². The quantitative estimate of drug-likeness (QED) is 0.360. The molecule has 0 spiro atoms. The molecule has 2 N–H and O–H groups in total. The van der Waals surface area contributed by atoms with Crippen LogP contribution in [0.5, 0.6) is 0 Å². The van der Waals surface area contributed by atoms with Gasteiger partial charge < -0.3 is 19.7 Å². The highest BCUT2D eigenvalue weighted by molar-refractivity contribution is 6.45. The second-order valence-corrected chi connectivity index (χ2v) is 6.38. The van der Waals surface area contributed by atoms with Crippen molar-refractivity contribution in [2.45, 2.75) is 47.0 Å². The first-order valence-corrected chi connectivity index (χ1v) is 7.50. The van der Waals surface area contributed by atoms with Gasteiger partial charge in [0.1, 0.15) is 6.61 Å². The van der Waals surface area contributed by atoms with Crippen LogP contribution in [-0.2, 0) is 19.1 Å². The summed E-state index contributed by atoms with van der Waals surface area (Å²) in [6, 6.07) is 0. The maximum absolute atomic E-state index is 12.3. The monoisotopic (exact) mass is 313 g/mol.